The Balaban J connectivity index is 0.000000737. The highest BCUT2D eigenvalue weighted by molar-refractivity contribution is 6.12. The van der Waals surface area contributed by atoms with Gasteiger partial charge in [0.15, 0.2) is 11.6 Å². The Morgan fingerprint density at radius 2 is 1.35 bits per heavy atom. The van der Waals surface area contributed by atoms with Crippen LogP contribution < -0.4 is 27.0 Å². The minimum Gasteiger partial charge on any atom is -0.467 e. The summed E-state index contributed by atoms with van der Waals surface area (Å²) in [6.45, 7) is 21.6. The molecule has 0 radical (unpaired) electrons. The molecular formula is C73H113N9O16. The second kappa shape index (κ2) is 42.7. The van der Waals surface area contributed by atoms with E-state index in [2.05, 4.69) is 35.1 Å². The van der Waals surface area contributed by atoms with Crippen LogP contribution in [-0.2, 0) is 79.9 Å². The number of unbranched alkanes of at least 4 members (excludes halogenated alkanes) is 2. The van der Waals surface area contributed by atoms with E-state index in [0.29, 0.717) is 49.9 Å². The van der Waals surface area contributed by atoms with Crippen molar-refractivity contribution in [1.29, 1.82) is 0 Å². The van der Waals surface area contributed by atoms with Crippen LogP contribution in [0.15, 0.2) is 66.7 Å². The number of ether oxygens (including phenoxy) is 4. The van der Waals surface area contributed by atoms with Crippen molar-refractivity contribution in [2.24, 2.45) is 47.2 Å². The van der Waals surface area contributed by atoms with E-state index in [1.165, 1.54) is 38.1 Å². The first-order valence-electron chi connectivity index (χ1n) is 34.6. The molecule has 0 bridgehead atoms. The van der Waals surface area contributed by atoms with Gasteiger partial charge in [-0.3, -0.25) is 48.1 Å². The summed E-state index contributed by atoms with van der Waals surface area (Å²) in [5.74, 6) is -5.48. The smallest absolute Gasteiger partial charge is 0.410 e. The number of ketones is 2. The first kappa shape index (κ1) is 84.2. The molecule has 25 nitrogen and oxygen atoms in total. The fourth-order valence-corrected chi connectivity index (χ4v) is 12.8. The molecule has 2 aliphatic rings. The second-order valence-electron chi connectivity index (χ2n) is 26.8. The van der Waals surface area contributed by atoms with Crippen LogP contribution >= 0.6 is 0 Å². The van der Waals surface area contributed by atoms with Gasteiger partial charge < -0.3 is 60.6 Å². The van der Waals surface area contributed by atoms with Crippen molar-refractivity contribution in [3.8, 4) is 0 Å². The van der Waals surface area contributed by atoms with E-state index in [4.69, 9.17) is 24.7 Å². The first-order valence-corrected chi connectivity index (χ1v) is 34.6. The average Bonchev–Trinajstić information content (AvgIpc) is 1.48. The van der Waals surface area contributed by atoms with Gasteiger partial charge in [-0.1, -0.05) is 125 Å². The lowest BCUT2D eigenvalue weighted by molar-refractivity contribution is -0.147. The van der Waals surface area contributed by atoms with Crippen molar-refractivity contribution in [2.75, 3.05) is 60.4 Å². The van der Waals surface area contributed by atoms with Crippen LogP contribution in [0.3, 0.4) is 0 Å². The number of anilines is 1. The molecule has 1 fully saturated rings. The number of esters is 1. The Hall–Kier alpha value is -8.06. The number of hydrogen-bond donors (Lipinski definition) is 5. The normalized spacial score (nSPS) is 16.7. The number of urea groups is 1. The highest BCUT2D eigenvalue weighted by Gasteiger charge is 2.42. The van der Waals surface area contributed by atoms with Crippen molar-refractivity contribution < 1.29 is 76.5 Å². The first-order chi connectivity index (χ1) is 46.4. The highest BCUT2D eigenvalue weighted by atomic mass is 16.6. The van der Waals surface area contributed by atoms with Crippen LogP contribution in [0.2, 0.25) is 0 Å². The third-order valence-electron chi connectivity index (χ3n) is 18.6. The van der Waals surface area contributed by atoms with Gasteiger partial charge in [-0.2, -0.15) is 0 Å². The van der Waals surface area contributed by atoms with Crippen molar-refractivity contribution >= 4 is 76.7 Å². The third-order valence-corrected chi connectivity index (χ3v) is 18.6. The van der Waals surface area contributed by atoms with E-state index < -0.39 is 66.0 Å². The van der Waals surface area contributed by atoms with Gasteiger partial charge in [0, 0.05) is 110 Å². The Morgan fingerprint density at radius 1 is 0.704 bits per heavy atom. The summed E-state index contributed by atoms with van der Waals surface area (Å²) in [5.41, 5.74) is 7.17. The number of methoxy groups -OCH3 is 3. The van der Waals surface area contributed by atoms with Gasteiger partial charge in [-0.05, 0) is 91.9 Å². The molecular weight excluding hydrogens is 1260 g/mol. The number of nitrogens with zero attached hydrogens (tertiary/aromatic N) is 4. The van der Waals surface area contributed by atoms with Gasteiger partial charge in [0.1, 0.15) is 12.6 Å². The van der Waals surface area contributed by atoms with E-state index in [-0.39, 0.29) is 134 Å². The zero-order valence-electron chi connectivity index (χ0n) is 60.9. The van der Waals surface area contributed by atoms with Crippen molar-refractivity contribution in [3.63, 3.8) is 0 Å². The molecule has 0 unspecified atom stereocenters. The number of benzene rings is 2. The number of hydrogen-bond acceptors (Lipinski definition) is 16. The third kappa shape index (κ3) is 26.3. The summed E-state index contributed by atoms with van der Waals surface area (Å²) in [6, 6.07) is 12.5. The number of likely N-dealkylation sites (N-methyl/N-ethyl adjacent to an activating group) is 2. The maximum absolute atomic E-state index is 14.1. The zero-order chi connectivity index (χ0) is 73.5. The fraction of sp³-hybridized carbons (Fsp3) is 0.644. The molecule has 25 heteroatoms. The minimum absolute atomic E-state index is 0.0197. The number of imide groups is 1. The van der Waals surface area contributed by atoms with Crippen molar-refractivity contribution in [2.45, 2.75) is 209 Å². The van der Waals surface area contributed by atoms with E-state index in [1.54, 1.807) is 76.1 Å². The van der Waals surface area contributed by atoms with E-state index in [0.717, 1.165) is 36.1 Å². The molecule has 546 valence electrons. The van der Waals surface area contributed by atoms with Crippen molar-refractivity contribution in [1.82, 2.24) is 35.6 Å². The Morgan fingerprint density at radius 3 is 1.89 bits per heavy atom. The number of Topliss-reactive ketones (excluding diaryl/α,β-unsaturated/α-hetero) is 2. The van der Waals surface area contributed by atoms with Gasteiger partial charge in [0.2, 0.25) is 29.5 Å². The average molecular weight is 1370 g/mol. The molecule has 2 aromatic rings. The van der Waals surface area contributed by atoms with Crippen LogP contribution in [-0.4, -0.2) is 188 Å². The molecule has 0 saturated carbocycles. The molecule has 2 aliphatic heterocycles. The molecule has 0 spiro atoms. The fourth-order valence-electron chi connectivity index (χ4n) is 12.8. The maximum atomic E-state index is 14.1. The summed E-state index contributed by atoms with van der Waals surface area (Å²) < 4.78 is 21.9. The molecule has 4 rings (SSSR count). The van der Waals surface area contributed by atoms with E-state index in [9.17, 15) is 57.5 Å². The van der Waals surface area contributed by atoms with Crippen LogP contribution in [0.1, 0.15) is 164 Å². The molecule has 0 aliphatic carbocycles. The van der Waals surface area contributed by atoms with E-state index >= 15 is 0 Å². The number of rotatable bonds is 40. The Kier molecular flexibility index (Phi) is 36.7. The Bertz CT molecular complexity index is 2960. The van der Waals surface area contributed by atoms with Gasteiger partial charge in [-0.25, -0.2) is 14.4 Å². The second-order valence-corrected chi connectivity index (χ2v) is 26.8. The molecule has 2 heterocycles. The largest absolute Gasteiger partial charge is 0.467 e. The highest BCUT2D eigenvalue weighted by Crippen LogP contribution is 2.30. The summed E-state index contributed by atoms with van der Waals surface area (Å²) in [4.78, 5) is 160. The van der Waals surface area contributed by atoms with Crippen LogP contribution in [0.25, 0.3) is 0 Å². The number of amides is 10. The van der Waals surface area contributed by atoms with E-state index in [1.807, 2.05) is 65.0 Å². The van der Waals surface area contributed by atoms with Gasteiger partial charge in [-0.15, -0.1) is 0 Å². The standard InChI is InChI=1S/C52H83N7O11.C21H30N2O5/c1-13-35(9)48(42(14-2)69-12)57(10)50(66)39(32(3)4)30-41(61)47(34(7)8)58(11)52(68)70-31-36-21-23-38(24-22-36)55-49(65)37(19-18-27-54-51(53)67)29-40(60)46(33(5)6)56-43(62)20-16-15-17-28-59-44(63)25-26-45(59)64;1-14(19(27-3)18-11-8-12-23(18)15(2)24)20(25)22-17(21(26)28-4)13-16-9-6-5-7-10-16/h21-26,32-35,37,39,42,46-48H,13-20,27-31H2,1-12H3,(H,55,65)(H,56,62)(H3,53,54,67);5-7,9-10,14,17-19H,8,11-13H2,1-4H3,(H,22,25)/t35-,37+,39-,42+,46-,47-,48-;14-,17+,18+,19-/m01/s1. The molecule has 0 aromatic heterocycles. The van der Waals surface area contributed by atoms with Crippen LogP contribution in [0.4, 0.5) is 15.3 Å². The molecule has 6 N–H and O–H groups in total. The molecule has 11 atom stereocenters. The predicted octanol–water partition coefficient (Wildman–Crippen LogP) is 7.95. The molecule has 1 saturated heterocycles. The van der Waals surface area contributed by atoms with Crippen LogP contribution in [0, 0.1) is 41.4 Å². The number of carbonyl (C=O) groups excluding carboxylic acids is 12. The van der Waals surface area contributed by atoms with Gasteiger partial charge >= 0.3 is 18.1 Å². The quantitative estimate of drug-likeness (QED) is 0.0240. The summed E-state index contributed by atoms with van der Waals surface area (Å²) >= 11 is 0. The zero-order valence-corrected chi connectivity index (χ0v) is 60.9. The number of nitrogens with one attached hydrogen (secondary N) is 4. The molecule has 10 amide bonds. The number of likely N-dealkylation sites (tertiary alicyclic amines) is 1. The predicted molar refractivity (Wildman–Crippen MR) is 372 cm³/mol. The summed E-state index contributed by atoms with van der Waals surface area (Å²) in [5, 5.41) is 11.0. The lowest BCUT2D eigenvalue weighted by Crippen LogP contribution is -2.52. The SMILES string of the molecule is CC[C@H](C)[C@@H]([C@@H](CC)OC)N(C)C(=O)[C@@H](CC(=O)[C@H](C(C)C)N(C)C(=O)OCc1ccc(NC(=O)[C@H](CCCNC(N)=O)CC(=O)[C@@H](NC(=O)CCCCCN2C(=O)C=CC2=O)C(C)C)cc1)C(C)C.COC(=O)[C@H](Cc1ccccc1)NC(=O)[C@H](C)[C@@H](OC)[C@@H]1CCCN1C(C)=O. The lowest BCUT2D eigenvalue weighted by atomic mass is 9.83. The van der Waals surface area contributed by atoms with Crippen molar-refractivity contribution in [3.05, 3.63) is 77.9 Å². The maximum Gasteiger partial charge on any atom is 0.410 e. The molecule has 98 heavy (non-hydrogen) atoms. The summed E-state index contributed by atoms with van der Waals surface area (Å²) in [7, 11) is 7.80. The topological polar surface area (TPSA) is 329 Å². The minimum atomic E-state index is -0.858. The van der Waals surface area contributed by atoms with Gasteiger partial charge in [0.05, 0.1) is 49.4 Å². The number of nitrogens with two attached hydrogens (primary N) is 1. The summed E-state index contributed by atoms with van der Waals surface area (Å²) in [6.07, 6.45) is 6.84. The lowest BCUT2D eigenvalue weighted by Gasteiger charge is -2.40. The Labute approximate surface area is 580 Å². The number of primary amides is 1. The molecule has 2 aromatic carbocycles. The van der Waals surface area contributed by atoms with Gasteiger partial charge in [0.25, 0.3) is 11.8 Å². The van der Waals surface area contributed by atoms with Crippen LogP contribution in [0.5, 0.6) is 0 Å². The number of carbonyl (C=O) groups is 12. The monoisotopic (exact) mass is 1370 g/mol.